The van der Waals surface area contributed by atoms with Crippen molar-refractivity contribution in [2.45, 2.75) is 13.3 Å². The van der Waals surface area contributed by atoms with Gasteiger partial charge in [0.1, 0.15) is 0 Å². The van der Waals surface area contributed by atoms with E-state index in [2.05, 4.69) is 24.0 Å². The van der Waals surface area contributed by atoms with E-state index in [1.54, 1.807) is 0 Å². The minimum atomic E-state index is 0.576. The standard InChI is InChI=1S/C11H13N2/c1-2-13(10-6-9-12)11-7-4-3-5-8-11/h4-5,7-8H,2,6,10H2,1H3. The summed E-state index contributed by atoms with van der Waals surface area (Å²) < 4.78 is 0. The monoisotopic (exact) mass is 173 g/mol. The van der Waals surface area contributed by atoms with E-state index in [-0.39, 0.29) is 0 Å². The third kappa shape index (κ3) is 2.79. The average Bonchev–Trinajstić information content (AvgIpc) is 2.21. The highest BCUT2D eigenvalue weighted by Crippen LogP contribution is 2.12. The summed E-state index contributed by atoms with van der Waals surface area (Å²) in [5, 5.41) is 8.47. The van der Waals surface area contributed by atoms with E-state index in [9.17, 15) is 0 Å². The maximum atomic E-state index is 8.47. The normalized spacial score (nSPS) is 9.23. The Morgan fingerprint density at radius 1 is 1.46 bits per heavy atom. The van der Waals surface area contributed by atoms with Gasteiger partial charge in [0.25, 0.3) is 0 Å². The van der Waals surface area contributed by atoms with Crippen LogP contribution in [0.1, 0.15) is 13.3 Å². The second-order valence-corrected chi connectivity index (χ2v) is 2.75. The first-order chi connectivity index (χ1) is 6.38. The molecule has 1 aromatic carbocycles. The molecule has 1 rings (SSSR count). The second-order valence-electron chi connectivity index (χ2n) is 2.75. The number of nitriles is 1. The predicted octanol–water partition coefficient (Wildman–Crippen LogP) is 2.23. The van der Waals surface area contributed by atoms with E-state index in [1.165, 1.54) is 0 Å². The van der Waals surface area contributed by atoms with Crippen LogP contribution in [0.4, 0.5) is 5.69 Å². The summed E-state index contributed by atoms with van der Waals surface area (Å²) in [6.07, 6.45) is 0.576. The highest BCUT2D eigenvalue weighted by Gasteiger charge is 2.01. The quantitative estimate of drug-likeness (QED) is 0.698. The number of hydrogen-bond donors (Lipinski definition) is 0. The lowest BCUT2D eigenvalue weighted by atomic mass is 10.2. The van der Waals surface area contributed by atoms with E-state index >= 15 is 0 Å². The van der Waals surface area contributed by atoms with Gasteiger partial charge in [-0.2, -0.15) is 5.26 Å². The molecule has 0 fully saturated rings. The summed E-state index contributed by atoms with van der Waals surface area (Å²) in [4.78, 5) is 2.18. The molecule has 1 aromatic rings. The Balaban J connectivity index is 2.63. The molecule has 1 radical (unpaired) electrons. The van der Waals surface area contributed by atoms with Crippen molar-refractivity contribution in [3.05, 3.63) is 30.3 Å². The molecule has 0 saturated heterocycles. The van der Waals surface area contributed by atoms with E-state index in [0.29, 0.717) is 6.42 Å². The molecule has 0 N–H and O–H groups in total. The van der Waals surface area contributed by atoms with Crippen LogP contribution in [0.25, 0.3) is 0 Å². The van der Waals surface area contributed by atoms with Gasteiger partial charge >= 0.3 is 0 Å². The molecule has 0 aliphatic carbocycles. The van der Waals surface area contributed by atoms with E-state index in [0.717, 1.165) is 18.8 Å². The lowest BCUT2D eigenvalue weighted by Gasteiger charge is -2.21. The summed E-state index contributed by atoms with van der Waals surface area (Å²) in [7, 11) is 0. The highest BCUT2D eigenvalue weighted by molar-refractivity contribution is 5.45. The summed E-state index contributed by atoms with van der Waals surface area (Å²) >= 11 is 0. The Hall–Kier alpha value is -1.49. The fourth-order valence-corrected chi connectivity index (χ4v) is 1.24. The fraction of sp³-hybridized carbons (Fsp3) is 0.364. The first kappa shape index (κ1) is 9.60. The Kier molecular flexibility index (Phi) is 3.84. The van der Waals surface area contributed by atoms with Gasteiger partial charge in [0.15, 0.2) is 0 Å². The summed E-state index contributed by atoms with van der Waals surface area (Å²) in [5.41, 5.74) is 1.16. The molecule has 2 heteroatoms. The molecule has 0 bridgehead atoms. The molecule has 2 nitrogen and oxygen atoms in total. The third-order valence-electron chi connectivity index (χ3n) is 1.94. The molecule has 0 saturated carbocycles. The van der Waals surface area contributed by atoms with Crippen molar-refractivity contribution in [3.63, 3.8) is 0 Å². The average molecular weight is 173 g/mol. The van der Waals surface area contributed by atoms with Crippen molar-refractivity contribution in [1.29, 1.82) is 5.26 Å². The van der Waals surface area contributed by atoms with Crippen molar-refractivity contribution in [1.82, 2.24) is 0 Å². The lowest BCUT2D eigenvalue weighted by Crippen LogP contribution is -2.23. The molecule has 0 amide bonds. The molecular formula is C11H13N2. The third-order valence-corrected chi connectivity index (χ3v) is 1.94. The Morgan fingerprint density at radius 3 is 2.69 bits per heavy atom. The van der Waals surface area contributed by atoms with Gasteiger partial charge < -0.3 is 4.90 Å². The van der Waals surface area contributed by atoms with Gasteiger partial charge in [-0.1, -0.05) is 12.1 Å². The largest absolute Gasteiger partial charge is 0.371 e. The van der Waals surface area contributed by atoms with Crippen molar-refractivity contribution >= 4 is 5.69 Å². The van der Waals surface area contributed by atoms with Crippen LogP contribution >= 0.6 is 0 Å². The van der Waals surface area contributed by atoms with Crippen LogP contribution in [0.2, 0.25) is 0 Å². The summed E-state index contributed by atoms with van der Waals surface area (Å²) in [6.45, 7) is 3.83. The van der Waals surface area contributed by atoms with Crippen LogP contribution in [0.15, 0.2) is 24.3 Å². The minimum Gasteiger partial charge on any atom is -0.371 e. The number of nitrogens with zero attached hydrogens (tertiary/aromatic N) is 2. The van der Waals surface area contributed by atoms with Gasteiger partial charge in [-0.25, -0.2) is 0 Å². The molecule has 0 aliphatic heterocycles. The molecule has 0 unspecified atom stereocenters. The minimum absolute atomic E-state index is 0.576. The topological polar surface area (TPSA) is 27.0 Å². The smallest absolute Gasteiger partial charge is 0.0640 e. The zero-order valence-corrected chi connectivity index (χ0v) is 7.83. The van der Waals surface area contributed by atoms with Crippen LogP contribution in [-0.4, -0.2) is 13.1 Å². The van der Waals surface area contributed by atoms with Crippen LogP contribution in [0.3, 0.4) is 0 Å². The predicted molar refractivity (Wildman–Crippen MR) is 53.4 cm³/mol. The van der Waals surface area contributed by atoms with Crippen LogP contribution in [-0.2, 0) is 0 Å². The fourth-order valence-electron chi connectivity index (χ4n) is 1.24. The molecule has 0 atom stereocenters. The van der Waals surface area contributed by atoms with E-state index in [1.807, 2.05) is 24.3 Å². The second kappa shape index (κ2) is 5.21. The molecule has 67 valence electrons. The van der Waals surface area contributed by atoms with Gasteiger partial charge in [0.05, 0.1) is 12.5 Å². The zero-order chi connectivity index (χ0) is 9.52. The lowest BCUT2D eigenvalue weighted by molar-refractivity contribution is 0.827. The number of rotatable bonds is 4. The maximum Gasteiger partial charge on any atom is 0.0640 e. The van der Waals surface area contributed by atoms with Crippen molar-refractivity contribution in [3.8, 4) is 6.07 Å². The summed E-state index contributed by atoms with van der Waals surface area (Å²) in [6, 6.07) is 12.9. The first-order valence-corrected chi connectivity index (χ1v) is 4.46. The highest BCUT2D eigenvalue weighted by atomic mass is 15.1. The van der Waals surface area contributed by atoms with Crippen LogP contribution in [0.5, 0.6) is 0 Å². The Labute approximate surface area is 79.4 Å². The number of benzene rings is 1. The Bertz CT molecular complexity index is 274. The van der Waals surface area contributed by atoms with Gasteiger partial charge in [0.2, 0.25) is 0 Å². The molecular weight excluding hydrogens is 160 g/mol. The zero-order valence-electron chi connectivity index (χ0n) is 7.83. The number of hydrogen-bond acceptors (Lipinski definition) is 2. The van der Waals surface area contributed by atoms with Crippen molar-refractivity contribution in [2.24, 2.45) is 0 Å². The van der Waals surface area contributed by atoms with Crippen LogP contribution < -0.4 is 4.90 Å². The van der Waals surface area contributed by atoms with Crippen molar-refractivity contribution < 1.29 is 0 Å². The van der Waals surface area contributed by atoms with E-state index < -0.39 is 0 Å². The number of anilines is 1. The van der Waals surface area contributed by atoms with Gasteiger partial charge in [-0.3, -0.25) is 0 Å². The molecule has 13 heavy (non-hydrogen) atoms. The maximum absolute atomic E-state index is 8.47. The van der Waals surface area contributed by atoms with Gasteiger partial charge in [0, 0.05) is 18.8 Å². The molecule has 0 heterocycles. The molecule has 0 spiro atoms. The van der Waals surface area contributed by atoms with Crippen molar-refractivity contribution in [2.75, 3.05) is 18.0 Å². The first-order valence-electron chi connectivity index (χ1n) is 4.46. The van der Waals surface area contributed by atoms with Gasteiger partial charge in [-0.15, -0.1) is 0 Å². The Morgan fingerprint density at radius 2 is 2.15 bits per heavy atom. The molecule has 0 aromatic heterocycles. The van der Waals surface area contributed by atoms with Crippen LogP contribution in [0, 0.1) is 17.4 Å². The molecule has 0 aliphatic rings. The van der Waals surface area contributed by atoms with Gasteiger partial charge in [-0.05, 0) is 25.1 Å². The SMILES string of the molecule is CCN(CCC#N)c1cc[c]cc1. The van der Waals surface area contributed by atoms with E-state index in [4.69, 9.17) is 5.26 Å². The summed E-state index contributed by atoms with van der Waals surface area (Å²) in [5.74, 6) is 0.